The van der Waals surface area contributed by atoms with Crippen LogP contribution < -0.4 is 45.0 Å². The maximum Gasteiger partial charge on any atom is 0.253 e. The van der Waals surface area contributed by atoms with Gasteiger partial charge >= 0.3 is 0 Å². The van der Waals surface area contributed by atoms with E-state index in [9.17, 15) is 24.3 Å². The van der Waals surface area contributed by atoms with E-state index in [1.54, 1.807) is 101 Å². The maximum absolute atomic E-state index is 12.6. The Balaban J connectivity index is 0.000000163. The zero-order valence-corrected chi connectivity index (χ0v) is 54.7. The van der Waals surface area contributed by atoms with Crippen molar-refractivity contribution in [3.8, 4) is 28.7 Å². The fourth-order valence-electron chi connectivity index (χ4n) is 10.1. The van der Waals surface area contributed by atoms with Gasteiger partial charge in [-0.25, -0.2) is 0 Å². The predicted octanol–water partition coefficient (Wildman–Crippen LogP) is 14.7. The molecule has 18 nitrogen and oxygen atoms in total. The summed E-state index contributed by atoms with van der Waals surface area (Å²) in [6, 6.07) is 52.2. The molecule has 4 aromatic heterocycles. The molecule has 2 unspecified atom stereocenters. The van der Waals surface area contributed by atoms with Crippen molar-refractivity contribution in [1.82, 2.24) is 19.9 Å². The molecule has 0 spiro atoms. The summed E-state index contributed by atoms with van der Waals surface area (Å²) in [5, 5.41) is 21.2. The van der Waals surface area contributed by atoms with E-state index in [1.807, 2.05) is 146 Å². The molecule has 95 heavy (non-hydrogen) atoms. The fraction of sp³-hybridized carbons (Fsp3) is 0.273. The van der Waals surface area contributed by atoms with Gasteiger partial charge in [0.05, 0.1) is 7.11 Å². The molecule has 0 aliphatic heterocycles. The van der Waals surface area contributed by atoms with E-state index in [0.717, 1.165) is 63.5 Å². The highest BCUT2D eigenvalue weighted by Gasteiger charge is 2.40. The van der Waals surface area contributed by atoms with Crippen LogP contribution in [0.5, 0.6) is 28.7 Å². The van der Waals surface area contributed by atoms with Gasteiger partial charge in [0.2, 0.25) is 17.7 Å². The summed E-state index contributed by atoms with van der Waals surface area (Å²) in [4.78, 5) is 64.8. The second-order valence-corrected chi connectivity index (χ2v) is 23.8. The molecule has 18 heteroatoms. The molecule has 2 saturated carbocycles. The second-order valence-electron chi connectivity index (χ2n) is 23.8. The summed E-state index contributed by atoms with van der Waals surface area (Å²) >= 11 is 0. The molecule has 7 atom stereocenters. The lowest BCUT2D eigenvalue weighted by Crippen LogP contribution is -2.31. The Morgan fingerprint density at radius 1 is 0.474 bits per heavy atom. The lowest BCUT2D eigenvalue weighted by molar-refractivity contribution is -0.126. The van der Waals surface area contributed by atoms with Gasteiger partial charge < -0.3 is 50.1 Å². The van der Waals surface area contributed by atoms with E-state index >= 15 is 0 Å². The number of rotatable bonds is 23. The number of aliphatic hydroxyl groups excluding tert-OH is 1. The number of aromatic nitrogens is 4. The van der Waals surface area contributed by atoms with Crippen molar-refractivity contribution in [2.75, 3.05) is 28.4 Å². The first-order valence-corrected chi connectivity index (χ1v) is 31.8. The zero-order valence-electron chi connectivity index (χ0n) is 54.7. The molecule has 5 aromatic carbocycles. The van der Waals surface area contributed by atoms with Gasteiger partial charge in [-0.3, -0.25) is 39.1 Å². The van der Waals surface area contributed by atoms with Crippen LogP contribution >= 0.6 is 0 Å². The normalized spacial score (nSPS) is 16.9. The molecule has 2 fully saturated rings. The average molecular weight is 1280 g/mol. The average Bonchev–Trinajstić information content (AvgIpc) is 1.74. The minimum absolute atomic E-state index is 0.0879. The Bertz CT molecular complexity index is 3880. The number of hydrogen-bond donors (Lipinski definition) is 5. The number of carbonyl (C=O) groups excluding carboxylic acids is 4. The van der Waals surface area contributed by atoms with Gasteiger partial charge in [-0.15, -0.1) is 0 Å². The van der Waals surface area contributed by atoms with Gasteiger partial charge in [-0.2, -0.15) is 0 Å². The quantitative estimate of drug-likeness (QED) is 0.0375. The zero-order chi connectivity index (χ0) is 67.3. The summed E-state index contributed by atoms with van der Waals surface area (Å²) in [7, 11) is 1.60. The number of ether oxygens (including phenoxy) is 5. The Hall–Kier alpha value is -10.7. The molecule has 4 heterocycles. The third-order valence-electron chi connectivity index (χ3n) is 16.1. The monoisotopic (exact) mass is 1280 g/mol. The SMILES string of the molecule is CC(C)[C@@H](O)C(=O)Nc1cccc(OCc2cccnc2)c1.CC1CC1C(=O)Nc1cccc(OCc2cccnc2)c1.COc1ccccc1/C=C/C(=O)Nc1cccc(OCc2cccnc2)c1.C[C@@H]1[C@H](C)[C@H](C)C[C@@H]1C(=O)Nc1cccc(OCc2cccnc2)c1. The molecule has 492 valence electrons. The summed E-state index contributed by atoms with van der Waals surface area (Å²) in [5.41, 5.74) is 7.62. The molecule has 0 radical (unpaired) electrons. The summed E-state index contributed by atoms with van der Waals surface area (Å²) in [6.45, 7) is 14.1. The van der Waals surface area contributed by atoms with Crippen LogP contribution in [0.1, 0.15) is 82.2 Å². The summed E-state index contributed by atoms with van der Waals surface area (Å²) in [6.07, 6.45) is 18.1. The molecule has 5 N–H and O–H groups in total. The molecule has 0 saturated heterocycles. The van der Waals surface area contributed by atoms with Crippen LogP contribution in [0.25, 0.3) is 6.08 Å². The topological polar surface area (TPSA) is 234 Å². The van der Waals surface area contributed by atoms with Gasteiger partial charge in [-0.05, 0) is 127 Å². The van der Waals surface area contributed by atoms with Crippen molar-refractivity contribution in [3.63, 3.8) is 0 Å². The highest BCUT2D eigenvalue weighted by atomic mass is 16.5. The smallest absolute Gasteiger partial charge is 0.253 e. The molecule has 2 aliphatic carbocycles. The molecule has 9 aromatic rings. The number of aliphatic hydroxyl groups is 1. The van der Waals surface area contributed by atoms with Crippen LogP contribution in [0.4, 0.5) is 22.7 Å². The predicted molar refractivity (Wildman–Crippen MR) is 370 cm³/mol. The number of nitrogens with zero attached hydrogens (tertiary/aromatic N) is 4. The largest absolute Gasteiger partial charge is 0.496 e. The lowest BCUT2D eigenvalue weighted by Gasteiger charge is -2.18. The Morgan fingerprint density at radius 3 is 1.21 bits per heavy atom. The first-order valence-electron chi connectivity index (χ1n) is 31.8. The number of anilines is 4. The van der Waals surface area contributed by atoms with Gasteiger partial charge in [0.25, 0.3) is 5.91 Å². The van der Waals surface area contributed by atoms with E-state index in [2.05, 4.69) is 68.9 Å². The minimum Gasteiger partial charge on any atom is -0.496 e. The molecule has 0 bridgehead atoms. The highest BCUT2D eigenvalue weighted by Crippen LogP contribution is 2.42. The van der Waals surface area contributed by atoms with Crippen molar-refractivity contribution in [2.45, 2.75) is 86.9 Å². The first-order chi connectivity index (χ1) is 46.1. The van der Waals surface area contributed by atoms with E-state index in [0.29, 0.717) is 78.7 Å². The maximum atomic E-state index is 12.6. The van der Waals surface area contributed by atoms with Gasteiger partial charge in [0.1, 0.15) is 61.3 Å². The van der Waals surface area contributed by atoms with Crippen molar-refractivity contribution < 1.29 is 48.0 Å². The van der Waals surface area contributed by atoms with E-state index in [4.69, 9.17) is 23.7 Å². The molecule has 4 amide bonds. The Kier molecular flexibility index (Phi) is 27.0. The third-order valence-corrected chi connectivity index (χ3v) is 16.1. The van der Waals surface area contributed by atoms with Crippen LogP contribution in [-0.2, 0) is 45.6 Å². The van der Waals surface area contributed by atoms with E-state index < -0.39 is 12.0 Å². The summed E-state index contributed by atoms with van der Waals surface area (Å²) < 4.78 is 28.2. The second kappa shape index (κ2) is 36.5. The Labute approximate surface area is 556 Å². The number of para-hydroxylation sites is 1. The third kappa shape index (κ3) is 23.4. The van der Waals surface area contributed by atoms with Crippen molar-refractivity contribution >= 4 is 52.5 Å². The van der Waals surface area contributed by atoms with E-state index in [-0.39, 0.29) is 35.5 Å². The minimum atomic E-state index is -1.03. The number of amides is 4. The standard InChI is InChI=1S/C22H20N2O3.C21H26N2O2.C17H20N2O3.C17H18N2O2/c1-26-21-10-3-2-7-18(21)11-12-22(25)24-19-8-4-9-20(14-19)27-16-17-6-5-13-23-15-17;1-14-10-20(16(3)15(14)2)21(24)23-18-7-4-8-19(11-18)25-13-17-6-5-9-22-12-17;1-12(2)16(20)17(21)19-14-6-3-7-15(9-14)22-11-13-5-4-8-18-10-13;1-12-8-16(12)17(20)19-14-5-2-6-15(9-14)21-11-13-4-3-7-18-10-13/h2-15H,16H2,1H3,(H,24,25);4-9,11-12,14-16,20H,10,13H2,1-3H3,(H,23,24);3-10,12,16,20H,11H2,1-2H3,(H,19,21);2-7,9-10,12,16H,8,11H2,1H3,(H,19,20)/b12-11+;;;/t;14-,15-,16-,20+;16-;/m.11./s1. The molecule has 2 aliphatic rings. The molecular formula is C77H84N8O10. The number of methoxy groups -OCH3 is 1. The first kappa shape index (κ1) is 70.2. The van der Waals surface area contributed by atoms with Crippen molar-refractivity contribution in [1.29, 1.82) is 0 Å². The van der Waals surface area contributed by atoms with Crippen LogP contribution in [-0.4, -0.2) is 61.9 Å². The van der Waals surface area contributed by atoms with Crippen LogP contribution in [0, 0.1) is 41.4 Å². The number of nitrogens with one attached hydrogen (secondary N) is 4. The molecular weight excluding hydrogens is 1200 g/mol. The van der Waals surface area contributed by atoms with Crippen LogP contribution in [0.3, 0.4) is 0 Å². The van der Waals surface area contributed by atoms with Crippen LogP contribution in [0.2, 0.25) is 0 Å². The number of pyridine rings is 4. The van der Waals surface area contributed by atoms with Crippen molar-refractivity contribution in [2.24, 2.45) is 41.4 Å². The highest BCUT2D eigenvalue weighted by molar-refractivity contribution is 6.02. The summed E-state index contributed by atoms with van der Waals surface area (Å²) in [5.74, 6) is 5.31. The van der Waals surface area contributed by atoms with Gasteiger partial charge in [0.15, 0.2) is 0 Å². The van der Waals surface area contributed by atoms with Crippen molar-refractivity contribution in [3.05, 3.63) is 253 Å². The van der Waals surface area contributed by atoms with E-state index in [1.165, 1.54) is 6.08 Å². The number of benzene rings is 5. The Morgan fingerprint density at radius 2 is 0.853 bits per heavy atom. The van der Waals surface area contributed by atoms with Gasteiger partial charge in [0, 0.05) is 142 Å². The van der Waals surface area contributed by atoms with Gasteiger partial charge in [-0.1, -0.05) is 108 Å². The molecule has 11 rings (SSSR count). The number of carbonyl (C=O) groups is 4. The fourth-order valence-corrected chi connectivity index (χ4v) is 10.1. The number of hydrogen-bond acceptors (Lipinski definition) is 14. The lowest BCUT2D eigenvalue weighted by atomic mass is 9.90. The van der Waals surface area contributed by atoms with Crippen LogP contribution in [0.15, 0.2) is 226 Å².